The number of benzene rings is 1. The maximum Gasteiger partial charge on any atom is 0.320 e. The molecule has 0 aromatic heterocycles. The molecule has 1 aromatic carbocycles. The minimum atomic E-state index is 0.162. The Hall–Kier alpha value is -2.74. The van der Waals surface area contributed by atoms with Gasteiger partial charge in [-0.2, -0.15) is 5.10 Å². The van der Waals surface area contributed by atoms with Crippen LogP contribution in [0, 0.1) is 11.8 Å². The van der Waals surface area contributed by atoms with Gasteiger partial charge >= 0.3 is 6.03 Å². The number of piperidine rings is 1. The normalized spacial score (nSPS) is 24.8. The van der Waals surface area contributed by atoms with E-state index in [1.54, 1.807) is 0 Å². The molecule has 8 heteroatoms. The van der Waals surface area contributed by atoms with Gasteiger partial charge in [0.05, 0.1) is 38.2 Å². The van der Waals surface area contributed by atoms with Crippen molar-refractivity contribution in [3.05, 3.63) is 35.9 Å². The van der Waals surface area contributed by atoms with Gasteiger partial charge in [-0.15, -0.1) is 0 Å². The van der Waals surface area contributed by atoms with Crippen LogP contribution in [0.25, 0.3) is 0 Å². The Morgan fingerprint density at radius 2 is 1.67 bits per heavy atom. The highest BCUT2D eigenvalue weighted by atomic mass is 16.5. The monoisotopic (exact) mass is 496 g/mol. The Balaban J connectivity index is 1.33. The summed E-state index contributed by atoms with van der Waals surface area (Å²) in [7, 11) is 0. The van der Waals surface area contributed by atoms with Crippen LogP contribution in [0.3, 0.4) is 0 Å². The maximum atomic E-state index is 12.9. The van der Waals surface area contributed by atoms with Crippen molar-refractivity contribution in [3.63, 3.8) is 0 Å². The van der Waals surface area contributed by atoms with E-state index in [9.17, 15) is 4.79 Å². The summed E-state index contributed by atoms with van der Waals surface area (Å²) in [6.07, 6.45) is 8.65. The highest BCUT2D eigenvalue weighted by Crippen LogP contribution is 2.37. The van der Waals surface area contributed by atoms with Gasteiger partial charge in [-0.3, -0.25) is 5.01 Å². The number of hydrogen-bond acceptors (Lipinski definition) is 6. The first-order valence-corrected chi connectivity index (χ1v) is 13.7. The molecule has 2 fully saturated rings. The van der Waals surface area contributed by atoms with Crippen LogP contribution in [0.1, 0.15) is 45.1 Å². The minimum Gasteiger partial charge on any atom is -0.490 e. The van der Waals surface area contributed by atoms with E-state index >= 15 is 0 Å². The van der Waals surface area contributed by atoms with Crippen LogP contribution in [-0.2, 0) is 4.74 Å². The summed E-state index contributed by atoms with van der Waals surface area (Å²) in [6, 6.07) is 6.78. The molecule has 36 heavy (non-hydrogen) atoms. The van der Waals surface area contributed by atoms with Crippen molar-refractivity contribution < 1.29 is 19.0 Å². The fourth-order valence-electron chi connectivity index (χ4n) is 5.92. The van der Waals surface area contributed by atoms with Gasteiger partial charge in [-0.05, 0) is 63.6 Å². The number of amides is 2. The molecule has 4 aliphatic rings. The van der Waals surface area contributed by atoms with E-state index in [4.69, 9.17) is 19.3 Å². The number of hydrogen-bond donors (Lipinski definition) is 0. The molecule has 196 valence electrons. The van der Waals surface area contributed by atoms with Crippen LogP contribution in [0.2, 0.25) is 0 Å². The number of allylic oxidation sites excluding steroid dienone is 2. The second kappa shape index (κ2) is 11.5. The zero-order valence-electron chi connectivity index (χ0n) is 21.7. The maximum absolute atomic E-state index is 12.9. The molecular weight excluding hydrogens is 456 g/mol. The fraction of sp³-hybridized carbons (Fsp3) is 0.643. The average molecular weight is 497 g/mol. The molecule has 0 radical (unpaired) electrons. The highest BCUT2D eigenvalue weighted by Gasteiger charge is 2.37. The fourth-order valence-corrected chi connectivity index (χ4v) is 5.92. The number of ether oxygens (including phenoxy) is 3. The van der Waals surface area contributed by atoms with Crippen molar-refractivity contribution in [1.29, 1.82) is 0 Å². The molecule has 0 unspecified atom stereocenters. The van der Waals surface area contributed by atoms with Crippen LogP contribution >= 0.6 is 0 Å². The summed E-state index contributed by atoms with van der Waals surface area (Å²) >= 11 is 0. The topological polar surface area (TPSA) is 66.8 Å². The van der Waals surface area contributed by atoms with E-state index in [2.05, 4.69) is 29.3 Å². The van der Waals surface area contributed by atoms with Crippen LogP contribution in [0.4, 0.5) is 4.79 Å². The lowest BCUT2D eigenvalue weighted by atomic mass is 9.76. The second-order valence-electron chi connectivity index (χ2n) is 10.0. The summed E-state index contributed by atoms with van der Waals surface area (Å²) in [6.45, 7) is 10.4. The van der Waals surface area contributed by atoms with Crippen LogP contribution < -0.4 is 9.47 Å². The first kappa shape index (κ1) is 24.9. The van der Waals surface area contributed by atoms with Gasteiger partial charge in [-0.25, -0.2) is 4.79 Å². The third kappa shape index (κ3) is 5.33. The smallest absolute Gasteiger partial charge is 0.320 e. The number of nitrogens with zero attached hydrogens (tertiary/aromatic N) is 4. The summed E-state index contributed by atoms with van der Waals surface area (Å²) in [5, 5.41) is 7.62. The SMILES string of the molecule is CCOc1ccc(C2=NN(C3CCN(C(=O)N4CCOCC4)CC3)C[C@@H]3CC=CC[C@H]23)cc1OCC. The molecule has 1 aromatic rings. The first-order chi connectivity index (χ1) is 17.7. The van der Waals surface area contributed by atoms with Crippen molar-refractivity contribution in [1.82, 2.24) is 14.8 Å². The van der Waals surface area contributed by atoms with Crippen molar-refractivity contribution in [2.24, 2.45) is 16.9 Å². The number of rotatable bonds is 6. The molecule has 1 aliphatic carbocycles. The van der Waals surface area contributed by atoms with Gasteiger partial charge in [-0.1, -0.05) is 12.2 Å². The summed E-state index contributed by atoms with van der Waals surface area (Å²) < 4.78 is 17.1. The summed E-state index contributed by atoms with van der Waals surface area (Å²) in [5.74, 6) is 2.54. The zero-order valence-corrected chi connectivity index (χ0v) is 21.7. The molecule has 2 saturated heterocycles. The Labute approximate surface area is 214 Å². The van der Waals surface area contributed by atoms with Crippen molar-refractivity contribution in [2.75, 3.05) is 59.2 Å². The second-order valence-corrected chi connectivity index (χ2v) is 10.0. The Morgan fingerprint density at radius 3 is 2.42 bits per heavy atom. The van der Waals surface area contributed by atoms with E-state index in [-0.39, 0.29) is 6.03 Å². The van der Waals surface area contributed by atoms with Gasteiger partial charge in [0.25, 0.3) is 0 Å². The van der Waals surface area contributed by atoms with E-state index in [0.29, 0.717) is 57.4 Å². The lowest BCUT2D eigenvalue weighted by Gasteiger charge is -2.44. The highest BCUT2D eigenvalue weighted by molar-refractivity contribution is 6.03. The van der Waals surface area contributed by atoms with Gasteiger partial charge in [0.1, 0.15) is 0 Å². The first-order valence-electron chi connectivity index (χ1n) is 13.7. The van der Waals surface area contributed by atoms with E-state index in [0.717, 1.165) is 68.1 Å². The molecule has 0 saturated carbocycles. The number of urea groups is 1. The summed E-state index contributed by atoms with van der Waals surface area (Å²) in [4.78, 5) is 16.9. The van der Waals surface area contributed by atoms with Gasteiger partial charge in [0.2, 0.25) is 0 Å². The Morgan fingerprint density at radius 1 is 0.972 bits per heavy atom. The van der Waals surface area contributed by atoms with E-state index < -0.39 is 0 Å². The predicted molar refractivity (Wildman–Crippen MR) is 140 cm³/mol. The lowest BCUT2D eigenvalue weighted by Crippen LogP contribution is -2.53. The predicted octanol–water partition coefficient (Wildman–Crippen LogP) is 4.00. The van der Waals surface area contributed by atoms with E-state index in [1.165, 1.54) is 0 Å². The number of carbonyl (C=O) groups is 1. The number of carbonyl (C=O) groups excluding carboxylic acids is 1. The van der Waals surface area contributed by atoms with Crippen LogP contribution in [0.5, 0.6) is 11.5 Å². The zero-order chi connectivity index (χ0) is 24.9. The molecule has 2 amide bonds. The van der Waals surface area contributed by atoms with Crippen molar-refractivity contribution in [2.45, 2.75) is 45.6 Å². The molecule has 0 N–H and O–H groups in total. The van der Waals surface area contributed by atoms with E-state index in [1.807, 2.05) is 29.7 Å². The molecule has 5 rings (SSSR count). The van der Waals surface area contributed by atoms with Gasteiger partial charge in [0, 0.05) is 44.2 Å². The van der Waals surface area contributed by atoms with Gasteiger partial charge < -0.3 is 24.0 Å². The van der Waals surface area contributed by atoms with Crippen LogP contribution in [0.15, 0.2) is 35.5 Å². The average Bonchev–Trinajstić information content (AvgIpc) is 2.94. The van der Waals surface area contributed by atoms with Gasteiger partial charge in [0.15, 0.2) is 11.5 Å². The lowest BCUT2D eigenvalue weighted by molar-refractivity contribution is 0.0352. The van der Waals surface area contributed by atoms with Crippen molar-refractivity contribution in [3.8, 4) is 11.5 Å². The molecule has 0 spiro atoms. The summed E-state index contributed by atoms with van der Waals surface area (Å²) in [5.41, 5.74) is 2.28. The number of likely N-dealkylation sites (tertiary alicyclic amines) is 1. The van der Waals surface area contributed by atoms with Crippen molar-refractivity contribution >= 4 is 11.7 Å². The Bertz CT molecular complexity index is 966. The molecule has 0 bridgehead atoms. The minimum absolute atomic E-state index is 0.162. The number of morpholine rings is 1. The van der Waals surface area contributed by atoms with Crippen LogP contribution in [-0.4, -0.2) is 91.7 Å². The molecule has 2 atom stereocenters. The standard InChI is InChI=1S/C28H40N4O4/c1-3-35-25-10-9-21(19-26(25)36-4-2)27-24-8-6-5-7-22(24)20-32(29-27)23-11-13-30(14-12-23)28(33)31-15-17-34-18-16-31/h5-6,9-10,19,22-24H,3-4,7-8,11-18,20H2,1-2H3/t22-,24-/m0/s1. The third-order valence-corrected chi connectivity index (χ3v) is 7.85. The number of hydrazone groups is 1. The molecular formula is C28H40N4O4. The quantitative estimate of drug-likeness (QED) is 0.557. The third-order valence-electron chi connectivity index (χ3n) is 7.85. The molecule has 3 aliphatic heterocycles. The Kier molecular flexibility index (Phi) is 7.99. The number of fused-ring (bicyclic) bond motifs is 1. The molecule has 8 nitrogen and oxygen atoms in total. The molecule has 3 heterocycles. The largest absolute Gasteiger partial charge is 0.490 e.